The van der Waals surface area contributed by atoms with Crippen LogP contribution in [0.2, 0.25) is 0 Å². The number of thiazole rings is 1. The summed E-state index contributed by atoms with van der Waals surface area (Å²) in [6.45, 7) is 3.50. The van der Waals surface area contributed by atoms with Crippen LogP contribution >= 0.6 is 39.0 Å². The van der Waals surface area contributed by atoms with Gasteiger partial charge in [0.15, 0.2) is 21.5 Å². The zero-order chi connectivity index (χ0) is 31.5. The molecule has 1 atom stereocenters. The first kappa shape index (κ1) is 31.1. The summed E-state index contributed by atoms with van der Waals surface area (Å²) in [5.74, 6) is 0.231. The number of nitrogens with zero attached hydrogens (tertiary/aromatic N) is 5. The second-order valence-electron chi connectivity index (χ2n) is 9.14. The Hall–Kier alpha value is -4.34. The first-order chi connectivity index (χ1) is 21.2. The topological polar surface area (TPSA) is 148 Å². The number of nitro groups is 1. The Labute approximate surface area is 267 Å². The number of non-ortho nitro benzene ring substituents is 1. The van der Waals surface area contributed by atoms with Crippen molar-refractivity contribution in [2.24, 2.45) is 4.99 Å². The van der Waals surface area contributed by atoms with Gasteiger partial charge < -0.3 is 14.2 Å². The molecule has 226 valence electrons. The number of benzene rings is 2. The van der Waals surface area contributed by atoms with Crippen molar-refractivity contribution in [3.8, 4) is 11.5 Å². The maximum Gasteiger partial charge on any atom is 0.338 e. The van der Waals surface area contributed by atoms with Gasteiger partial charge in [-0.15, -0.1) is 0 Å². The molecule has 2 aromatic heterocycles. The van der Waals surface area contributed by atoms with Gasteiger partial charge in [0.25, 0.3) is 11.2 Å². The minimum absolute atomic E-state index is 0.123. The summed E-state index contributed by atoms with van der Waals surface area (Å²) < 4.78 is 18.6. The van der Waals surface area contributed by atoms with Gasteiger partial charge in [0.05, 0.1) is 47.6 Å². The van der Waals surface area contributed by atoms with E-state index in [-0.39, 0.29) is 22.4 Å². The number of allylic oxidation sites excluding steroid dienone is 1. The van der Waals surface area contributed by atoms with Crippen LogP contribution < -0.4 is 24.4 Å². The van der Waals surface area contributed by atoms with Gasteiger partial charge in [-0.05, 0) is 67.1 Å². The zero-order valence-corrected chi connectivity index (χ0v) is 27.0. The second kappa shape index (κ2) is 13.1. The summed E-state index contributed by atoms with van der Waals surface area (Å²) in [6.07, 6.45) is 4.76. The van der Waals surface area contributed by atoms with Gasteiger partial charge in [0, 0.05) is 33.9 Å². The molecular weight excluding hydrogens is 674 g/mol. The lowest BCUT2D eigenvalue weighted by Gasteiger charge is -2.26. The molecule has 1 aliphatic rings. The second-order valence-corrected chi connectivity index (χ2v) is 12.0. The molecule has 0 saturated heterocycles. The van der Waals surface area contributed by atoms with E-state index < -0.39 is 22.5 Å². The quantitative estimate of drug-likeness (QED) is 0.106. The Balaban J connectivity index is 1.75. The average molecular weight is 699 g/mol. The molecule has 0 aliphatic carbocycles. The summed E-state index contributed by atoms with van der Waals surface area (Å²) >= 11 is 5.89. The van der Waals surface area contributed by atoms with Crippen LogP contribution in [0.15, 0.2) is 84.4 Å². The number of methoxy groups -OCH3 is 2. The molecule has 0 spiro atoms. The Morgan fingerprint density at radius 1 is 1.18 bits per heavy atom. The monoisotopic (exact) mass is 697 g/mol. The summed E-state index contributed by atoms with van der Waals surface area (Å²) in [5, 5.41) is 12.1. The van der Waals surface area contributed by atoms with Crippen LogP contribution in [0.1, 0.15) is 31.0 Å². The van der Waals surface area contributed by atoms with Crippen LogP contribution in [-0.2, 0) is 9.53 Å². The van der Waals surface area contributed by atoms with Crippen LogP contribution in [0.4, 0.5) is 5.69 Å². The lowest BCUT2D eigenvalue weighted by Crippen LogP contribution is -2.40. The molecular formula is C29H24BrN5O7S2. The fourth-order valence-corrected chi connectivity index (χ4v) is 6.97. The minimum atomic E-state index is -0.932. The molecule has 0 amide bonds. The molecule has 0 N–H and O–H groups in total. The first-order valence-electron chi connectivity index (χ1n) is 13.0. The highest BCUT2D eigenvalue weighted by atomic mass is 79.9. The standard InChI is InChI=1S/C29H24BrN5O7S2/c1-5-42-27(37)24-15(2)33-29-34(25(24)18-13-20(40-3)21(41-4)14-19(18)30)26(36)23(44-29)12-16-11-17(35(38)39)7-8-22(16)43-28-31-9-6-10-32-28/h6-14,25H,5H2,1-4H3/b23-12+/t25-/m0/s1. The molecule has 0 fully saturated rings. The van der Waals surface area contributed by atoms with Crippen molar-refractivity contribution in [2.45, 2.75) is 29.9 Å². The molecule has 15 heteroatoms. The molecule has 3 heterocycles. The molecule has 5 rings (SSSR count). The molecule has 4 aromatic rings. The number of ether oxygens (including phenoxy) is 3. The molecule has 44 heavy (non-hydrogen) atoms. The smallest absolute Gasteiger partial charge is 0.338 e. The van der Waals surface area contributed by atoms with Crippen molar-refractivity contribution in [1.82, 2.24) is 14.5 Å². The Morgan fingerprint density at radius 3 is 2.55 bits per heavy atom. The highest BCUT2D eigenvalue weighted by Crippen LogP contribution is 2.41. The Bertz CT molecular complexity index is 1990. The third-order valence-electron chi connectivity index (χ3n) is 6.55. The van der Waals surface area contributed by atoms with Gasteiger partial charge in [-0.1, -0.05) is 27.3 Å². The SMILES string of the molecule is CCOC(=O)C1=C(C)N=c2s/c(=C/c3cc([N+](=O)[O-])ccc3Sc3ncccn3)c(=O)n2[C@H]1c1cc(OC)c(OC)cc1Br. The average Bonchev–Trinajstić information content (AvgIpc) is 3.31. The number of carbonyl (C=O) groups is 1. The number of rotatable bonds is 9. The fourth-order valence-electron chi connectivity index (χ4n) is 4.60. The van der Waals surface area contributed by atoms with E-state index in [4.69, 9.17) is 14.2 Å². The third kappa shape index (κ3) is 6.02. The van der Waals surface area contributed by atoms with E-state index in [1.807, 2.05) is 0 Å². The van der Waals surface area contributed by atoms with E-state index in [1.54, 1.807) is 56.6 Å². The number of hydrogen-bond donors (Lipinski definition) is 0. The van der Waals surface area contributed by atoms with Gasteiger partial charge in [0.1, 0.15) is 0 Å². The van der Waals surface area contributed by atoms with Crippen LogP contribution in [0.5, 0.6) is 11.5 Å². The van der Waals surface area contributed by atoms with Crippen molar-refractivity contribution in [3.05, 3.63) is 105 Å². The third-order valence-corrected chi connectivity index (χ3v) is 9.20. The molecule has 0 saturated carbocycles. The maximum absolute atomic E-state index is 14.2. The van der Waals surface area contributed by atoms with Gasteiger partial charge in [-0.2, -0.15) is 0 Å². The Kier molecular flexibility index (Phi) is 9.27. The number of halogens is 1. The van der Waals surface area contributed by atoms with Gasteiger partial charge in [0.2, 0.25) is 0 Å². The number of aromatic nitrogens is 3. The first-order valence-corrected chi connectivity index (χ1v) is 15.4. The zero-order valence-electron chi connectivity index (χ0n) is 23.8. The summed E-state index contributed by atoms with van der Waals surface area (Å²) in [7, 11) is 3.00. The van der Waals surface area contributed by atoms with Crippen LogP contribution in [0, 0.1) is 10.1 Å². The van der Waals surface area contributed by atoms with Crippen LogP contribution in [0.25, 0.3) is 6.08 Å². The largest absolute Gasteiger partial charge is 0.493 e. The van der Waals surface area contributed by atoms with Crippen molar-refractivity contribution < 1.29 is 23.9 Å². The molecule has 12 nitrogen and oxygen atoms in total. The van der Waals surface area contributed by atoms with Gasteiger partial charge >= 0.3 is 5.97 Å². The van der Waals surface area contributed by atoms with Crippen molar-refractivity contribution in [1.29, 1.82) is 0 Å². The molecule has 0 unspecified atom stereocenters. The highest BCUT2D eigenvalue weighted by molar-refractivity contribution is 9.10. The van der Waals surface area contributed by atoms with Gasteiger partial charge in [-0.25, -0.2) is 19.8 Å². The van der Waals surface area contributed by atoms with Crippen molar-refractivity contribution >= 4 is 56.8 Å². The maximum atomic E-state index is 14.2. The normalized spacial score (nSPS) is 14.6. The molecule has 1 aliphatic heterocycles. The Morgan fingerprint density at radius 2 is 1.89 bits per heavy atom. The lowest BCUT2D eigenvalue weighted by molar-refractivity contribution is -0.384. The van der Waals surface area contributed by atoms with E-state index in [0.717, 1.165) is 11.3 Å². The number of carbonyl (C=O) groups excluding carboxylic acids is 1. The number of fused-ring (bicyclic) bond motifs is 1. The summed E-state index contributed by atoms with van der Waals surface area (Å²) in [4.78, 5) is 52.6. The van der Waals surface area contributed by atoms with Crippen molar-refractivity contribution in [3.63, 3.8) is 0 Å². The summed E-state index contributed by atoms with van der Waals surface area (Å²) in [5.41, 5.74) is 0.943. The van der Waals surface area contributed by atoms with Crippen molar-refractivity contribution in [2.75, 3.05) is 20.8 Å². The van der Waals surface area contributed by atoms with Crippen LogP contribution in [0.3, 0.4) is 0 Å². The fraction of sp³-hybridized carbons (Fsp3) is 0.207. The van der Waals surface area contributed by atoms with E-state index in [0.29, 0.717) is 47.6 Å². The lowest BCUT2D eigenvalue weighted by atomic mass is 9.95. The minimum Gasteiger partial charge on any atom is -0.493 e. The molecule has 0 bridgehead atoms. The van der Waals surface area contributed by atoms with E-state index >= 15 is 0 Å². The van der Waals surface area contributed by atoms with Gasteiger partial charge in [-0.3, -0.25) is 19.5 Å². The van der Waals surface area contributed by atoms with E-state index in [9.17, 15) is 19.7 Å². The van der Waals surface area contributed by atoms with Crippen LogP contribution in [-0.4, -0.2) is 46.3 Å². The molecule has 0 radical (unpaired) electrons. The number of nitro benzene ring substituents is 1. The van der Waals surface area contributed by atoms with E-state index in [2.05, 4.69) is 30.9 Å². The predicted molar refractivity (Wildman–Crippen MR) is 167 cm³/mol. The number of esters is 1. The summed E-state index contributed by atoms with van der Waals surface area (Å²) in [6, 6.07) is 8.50. The van der Waals surface area contributed by atoms with E-state index in [1.165, 1.54) is 42.7 Å². The predicted octanol–water partition coefficient (Wildman–Crippen LogP) is 4.43. The number of hydrogen-bond acceptors (Lipinski definition) is 12. The molecule has 2 aromatic carbocycles. The highest BCUT2D eigenvalue weighted by Gasteiger charge is 2.35.